The number of hydrogen-bond acceptors (Lipinski definition) is 4. The number of anilines is 3. The highest BCUT2D eigenvalue weighted by atomic mass is 16.2. The van der Waals surface area contributed by atoms with Crippen LogP contribution in [0.25, 0.3) is 0 Å². The lowest BCUT2D eigenvalue weighted by Crippen LogP contribution is -2.39. The van der Waals surface area contributed by atoms with Crippen LogP contribution >= 0.6 is 0 Å². The molecule has 2 aromatic rings. The zero-order chi connectivity index (χ0) is 18.0. The Hall–Kier alpha value is -3.15. The predicted molar refractivity (Wildman–Crippen MR) is 99.2 cm³/mol. The van der Waals surface area contributed by atoms with E-state index in [1.165, 1.54) is 11.0 Å². The Morgan fingerprint density at radius 1 is 1.32 bits per heavy atom. The maximum Gasteiger partial charge on any atom is 0.258 e. The molecule has 2 heterocycles. The number of rotatable bonds is 3. The van der Waals surface area contributed by atoms with Crippen molar-refractivity contribution >= 4 is 29.0 Å². The summed E-state index contributed by atoms with van der Waals surface area (Å²) in [7, 11) is 1.67. The minimum absolute atomic E-state index is 0.0839. The quantitative estimate of drug-likeness (QED) is 0.875. The Morgan fingerprint density at radius 2 is 2.04 bits per heavy atom. The second-order valence-corrected chi connectivity index (χ2v) is 5.91. The van der Waals surface area contributed by atoms with Crippen LogP contribution in [0.5, 0.6) is 0 Å². The van der Waals surface area contributed by atoms with E-state index < -0.39 is 0 Å². The van der Waals surface area contributed by atoms with E-state index in [1.807, 2.05) is 13.0 Å². The molecule has 128 valence electrons. The first-order valence-corrected chi connectivity index (χ1v) is 8.04. The second-order valence-electron chi connectivity index (χ2n) is 5.91. The van der Waals surface area contributed by atoms with Gasteiger partial charge in [0.1, 0.15) is 5.82 Å². The van der Waals surface area contributed by atoms with Crippen LogP contribution in [0.1, 0.15) is 15.9 Å². The Bertz CT molecular complexity index is 830. The Morgan fingerprint density at radius 3 is 2.72 bits per heavy atom. The third-order valence-electron chi connectivity index (χ3n) is 4.17. The van der Waals surface area contributed by atoms with Crippen molar-refractivity contribution in [1.82, 2.24) is 4.98 Å². The highest BCUT2D eigenvalue weighted by Gasteiger charge is 2.24. The standard InChI is InChI=1S/C19H20N4O2/c1-4-17(24)22(3)15-7-5-14(6-8-15)19(25)23-10-9-20-18-16(23)11-13(2)12-21-18/h4-8,11-12H,1,9-10H2,2-3H3,(H,20,21). The number of likely N-dealkylation sites (N-methyl/N-ethyl adjacent to an activating group) is 1. The van der Waals surface area contributed by atoms with E-state index in [4.69, 9.17) is 0 Å². The molecule has 0 atom stereocenters. The van der Waals surface area contributed by atoms with Gasteiger partial charge in [-0.05, 0) is 48.9 Å². The van der Waals surface area contributed by atoms with Gasteiger partial charge in [-0.3, -0.25) is 9.59 Å². The third kappa shape index (κ3) is 3.24. The molecule has 0 radical (unpaired) electrons. The summed E-state index contributed by atoms with van der Waals surface area (Å²) in [5.41, 5.74) is 3.07. The van der Waals surface area contributed by atoms with Gasteiger partial charge in [0, 0.05) is 37.6 Å². The molecule has 0 saturated carbocycles. The highest BCUT2D eigenvalue weighted by molar-refractivity contribution is 6.08. The first kappa shape index (κ1) is 16.7. The largest absolute Gasteiger partial charge is 0.367 e. The van der Waals surface area contributed by atoms with Gasteiger partial charge in [-0.1, -0.05) is 6.58 Å². The van der Waals surface area contributed by atoms with Crippen molar-refractivity contribution in [3.05, 3.63) is 60.3 Å². The third-order valence-corrected chi connectivity index (χ3v) is 4.17. The molecule has 1 aliphatic rings. The van der Waals surface area contributed by atoms with E-state index in [1.54, 1.807) is 42.4 Å². The molecule has 0 aliphatic carbocycles. The molecule has 6 heteroatoms. The fourth-order valence-corrected chi connectivity index (χ4v) is 2.76. The van der Waals surface area contributed by atoms with Gasteiger partial charge in [-0.2, -0.15) is 0 Å². The van der Waals surface area contributed by atoms with Gasteiger partial charge in [0.25, 0.3) is 5.91 Å². The van der Waals surface area contributed by atoms with Gasteiger partial charge in [0.05, 0.1) is 5.69 Å². The average Bonchev–Trinajstić information content (AvgIpc) is 2.65. The number of carbonyl (C=O) groups is 2. The smallest absolute Gasteiger partial charge is 0.258 e. The lowest BCUT2D eigenvalue weighted by atomic mass is 10.1. The van der Waals surface area contributed by atoms with Crippen LogP contribution in [0.15, 0.2) is 49.2 Å². The van der Waals surface area contributed by atoms with Crippen molar-refractivity contribution < 1.29 is 9.59 Å². The van der Waals surface area contributed by atoms with E-state index in [0.29, 0.717) is 24.3 Å². The minimum Gasteiger partial charge on any atom is -0.367 e. The molecule has 3 rings (SSSR count). The summed E-state index contributed by atoms with van der Waals surface area (Å²) in [4.78, 5) is 32.2. The molecule has 0 spiro atoms. The number of hydrogen-bond donors (Lipinski definition) is 1. The summed E-state index contributed by atoms with van der Waals surface area (Å²) in [6.45, 7) is 6.66. The van der Waals surface area contributed by atoms with Crippen LogP contribution < -0.4 is 15.1 Å². The molecule has 0 bridgehead atoms. The first-order chi connectivity index (χ1) is 12.0. The molecule has 1 aromatic heterocycles. The van der Waals surface area contributed by atoms with Crippen molar-refractivity contribution in [3.63, 3.8) is 0 Å². The average molecular weight is 336 g/mol. The number of nitrogens with zero attached hydrogens (tertiary/aromatic N) is 3. The molecular weight excluding hydrogens is 316 g/mol. The molecule has 1 aliphatic heterocycles. The molecule has 1 N–H and O–H groups in total. The van der Waals surface area contributed by atoms with Gasteiger partial charge >= 0.3 is 0 Å². The number of carbonyl (C=O) groups excluding carboxylic acids is 2. The molecular formula is C19H20N4O2. The summed E-state index contributed by atoms with van der Waals surface area (Å²) >= 11 is 0. The normalized spacial score (nSPS) is 12.8. The summed E-state index contributed by atoms with van der Waals surface area (Å²) in [5, 5.41) is 3.21. The van der Waals surface area contributed by atoms with E-state index in [2.05, 4.69) is 16.9 Å². The molecule has 0 saturated heterocycles. The monoisotopic (exact) mass is 336 g/mol. The number of aromatic nitrogens is 1. The predicted octanol–water partition coefficient (Wildman–Crippen LogP) is 2.61. The molecule has 0 unspecified atom stereocenters. The van der Waals surface area contributed by atoms with Gasteiger partial charge in [0.15, 0.2) is 0 Å². The van der Waals surface area contributed by atoms with E-state index >= 15 is 0 Å². The zero-order valence-corrected chi connectivity index (χ0v) is 14.3. The van der Waals surface area contributed by atoms with Crippen LogP contribution in [0, 0.1) is 6.92 Å². The maximum absolute atomic E-state index is 12.9. The topological polar surface area (TPSA) is 65.5 Å². The highest BCUT2D eigenvalue weighted by Crippen LogP contribution is 2.29. The second kappa shape index (κ2) is 6.76. The molecule has 2 amide bonds. The number of amides is 2. The lowest BCUT2D eigenvalue weighted by Gasteiger charge is -2.30. The van der Waals surface area contributed by atoms with Gasteiger partial charge in [-0.25, -0.2) is 4.98 Å². The van der Waals surface area contributed by atoms with Crippen molar-refractivity contribution in [2.24, 2.45) is 0 Å². The van der Waals surface area contributed by atoms with Gasteiger partial charge in [-0.15, -0.1) is 0 Å². The minimum atomic E-state index is -0.198. The van der Waals surface area contributed by atoms with Crippen LogP contribution in [-0.2, 0) is 4.79 Å². The lowest BCUT2D eigenvalue weighted by molar-refractivity contribution is -0.113. The van der Waals surface area contributed by atoms with Gasteiger partial charge in [0.2, 0.25) is 5.91 Å². The Kier molecular flexibility index (Phi) is 4.52. The fourth-order valence-electron chi connectivity index (χ4n) is 2.76. The number of pyridine rings is 1. The molecule has 0 fully saturated rings. The summed E-state index contributed by atoms with van der Waals surface area (Å²) in [6.07, 6.45) is 3.03. The number of nitrogens with one attached hydrogen (secondary N) is 1. The van der Waals surface area contributed by atoms with Gasteiger partial charge < -0.3 is 15.1 Å². The molecule has 6 nitrogen and oxygen atoms in total. The summed E-state index contributed by atoms with van der Waals surface area (Å²) in [6, 6.07) is 8.93. The van der Waals surface area contributed by atoms with Crippen LogP contribution in [0.2, 0.25) is 0 Å². The number of fused-ring (bicyclic) bond motifs is 1. The van der Waals surface area contributed by atoms with Crippen molar-refractivity contribution in [2.45, 2.75) is 6.92 Å². The van der Waals surface area contributed by atoms with E-state index in [-0.39, 0.29) is 11.8 Å². The van der Waals surface area contributed by atoms with Crippen molar-refractivity contribution in [3.8, 4) is 0 Å². The van der Waals surface area contributed by atoms with E-state index in [9.17, 15) is 9.59 Å². The fraction of sp³-hybridized carbons (Fsp3) is 0.211. The van der Waals surface area contributed by atoms with Crippen LogP contribution in [-0.4, -0.2) is 36.9 Å². The van der Waals surface area contributed by atoms with Crippen LogP contribution in [0.3, 0.4) is 0 Å². The number of benzene rings is 1. The molecule has 1 aromatic carbocycles. The van der Waals surface area contributed by atoms with E-state index in [0.717, 1.165) is 17.1 Å². The van der Waals surface area contributed by atoms with Crippen LogP contribution in [0.4, 0.5) is 17.2 Å². The SMILES string of the molecule is C=CC(=O)N(C)c1ccc(C(=O)N2CCNc3ncc(C)cc32)cc1. The summed E-state index contributed by atoms with van der Waals surface area (Å²) in [5.74, 6) is 0.439. The number of aryl methyl sites for hydroxylation is 1. The summed E-state index contributed by atoms with van der Waals surface area (Å²) < 4.78 is 0. The zero-order valence-electron chi connectivity index (χ0n) is 14.3. The Balaban J connectivity index is 1.86. The van der Waals surface area contributed by atoms with Crippen molar-refractivity contribution in [2.75, 3.05) is 35.3 Å². The molecule has 25 heavy (non-hydrogen) atoms. The Labute approximate surface area is 146 Å². The van der Waals surface area contributed by atoms with Crippen molar-refractivity contribution in [1.29, 1.82) is 0 Å². The first-order valence-electron chi connectivity index (χ1n) is 8.04. The maximum atomic E-state index is 12.9.